The van der Waals surface area contributed by atoms with Crippen molar-refractivity contribution in [2.24, 2.45) is 5.92 Å². The Labute approximate surface area is 115 Å². The van der Waals surface area contributed by atoms with Crippen LogP contribution in [0.25, 0.3) is 0 Å². The molecule has 0 aliphatic carbocycles. The van der Waals surface area contributed by atoms with E-state index >= 15 is 0 Å². The van der Waals surface area contributed by atoms with E-state index in [4.69, 9.17) is 0 Å². The normalized spacial score (nSPS) is 16.2. The molecule has 0 saturated carbocycles. The van der Waals surface area contributed by atoms with Gasteiger partial charge in [0, 0.05) is 5.75 Å². The molecule has 0 heterocycles. The summed E-state index contributed by atoms with van der Waals surface area (Å²) in [5, 5.41) is 13.1. The Bertz CT molecular complexity index is 325. The standard InChI is InChI=1S/C15H25NOS/c1-4-13(2)10-18-12-15(11-17,16-3)14-8-6-5-7-9-14/h5-9,13,16-17H,4,10-12H2,1-3H3. The van der Waals surface area contributed by atoms with Crippen LogP contribution in [0.2, 0.25) is 0 Å². The van der Waals surface area contributed by atoms with Gasteiger partial charge >= 0.3 is 0 Å². The fourth-order valence-corrected chi connectivity index (χ4v) is 3.33. The summed E-state index contributed by atoms with van der Waals surface area (Å²) in [5.74, 6) is 2.78. The predicted molar refractivity (Wildman–Crippen MR) is 81.0 cm³/mol. The smallest absolute Gasteiger partial charge is 0.0758 e. The number of hydrogen-bond donors (Lipinski definition) is 2. The van der Waals surface area contributed by atoms with E-state index in [1.54, 1.807) is 0 Å². The molecular formula is C15H25NOS. The second-order valence-corrected chi connectivity index (χ2v) is 5.92. The largest absolute Gasteiger partial charge is 0.394 e. The van der Waals surface area contributed by atoms with Crippen LogP contribution in [-0.2, 0) is 5.54 Å². The summed E-state index contributed by atoms with van der Waals surface area (Å²) in [4.78, 5) is 0. The average molecular weight is 267 g/mol. The van der Waals surface area contributed by atoms with Crippen LogP contribution < -0.4 is 5.32 Å². The van der Waals surface area contributed by atoms with Crippen molar-refractivity contribution in [1.82, 2.24) is 5.32 Å². The highest BCUT2D eigenvalue weighted by atomic mass is 32.2. The first-order valence-corrected chi connectivity index (χ1v) is 7.77. The van der Waals surface area contributed by atoms with Gasteiger partial charge in [0.1, 0.15) is 0 Å². The summed E-state index contributed by atoms with van der Waals surface area (Å²) >= 11 is 1.91. The number of likely N-dealkylation sites (N-methyl/N-ethyl adjacent to an activating group) is 1. The predicted octanol–water partition coefficient (Wildman–Crippen LogP) is 2.87. The topological polar surface area (TPSA) is 32.3 Å². The van der Waals surface area contributed by atoms with Gasteiger partial charge in [0.2, 0.25) is 0 Å². The minimum Gasteiger partial charge on any atom is -0.394 e. The molecule has 1 aromatic carbocycles. The molecule has 0 amide bonds. The Balaban J connectivity index is 2.69. The second kappa shape index (κ2) is 7.82. The maximum absolute atomic E-state index is 9.78. The van der Waals surface area contributed by atoms with Crippen molar-refractivity contribution >= 4 is 11.8 Å². The highest BCUT2D eigenvalue weighted by Gasteiger charge is 2.29. The van der Waals surface area contributed by atoms with Crippen LogP contribution in [-0.4, -0.2) is 30.3 Å². The first-order valence-electron chi connectivity index (χ1n) is 6.61. The molecule has 2 unspecified atom stereocenters. The second-order valence-electron chi connectivity index (χ2n) is 4.88. The molecule has 0 aromatic heterocycles. The maximum Gasteiger partial charge on any atom is 0.0758 e. The molecule has 18 heavy (non-hydrogen) atoms. The van der Waals surface area contributed by atoms with Gasteiger partial charge in [0.15, 0.2) is 0 Å². The molecule has 1 aromatic rings. The van der Waals surface area contributed by atoms with Crippen LogP contribution in [0.4, 0.5) is 0 Å². The van der Waals surface area contributed by atoms with E-state index in [2.05, 4.69) is 31.3 Å². The Morgan fingerprint density at radius 2 is 2.00 bits per heavy atom. The third-order valence-corrected chi connectivity index (χ3v) is 5.02. The van der Waals surface area contributed by atoms with Gasteiger partial charge < -0.3 is 10.4 Å². The van der Waals surface area contributed by atoms with E-state index in [0.29, 0.717) is 0 Å². The molecule has 2 atom stereocenters. The SMILES string of the molecule is CCC(C)CSCC(CO)(NC)c1ccccc1. The third-order valence-electron chi connectivity index (χ3n) is 3.52. The molecule has 0 fully saturated rings. The van der Waals surface area contributed by atoms with E-state index in [1.165, 1.54) is 6.42 Å². The zero-order chi connectivity index (χ0) is 13.4. The zero-order valence-corrected chi connectivity index (χ0v) is 12.5. The van der Waals surface area contributed by atoms with Gasteiger partial charge in [0.25, 0.3) is 0 Å². The fraction of sp³-hybridized carbons (Fsp3) is 0.600. The zero-order valence-electron chi connectivity index (χ0n) is 11.6. The Morgan fingerprint density at radius 1 is 1.33 bits per heavy atom. The van der Waals surface area contributed by atoms with Crippen LogP contribution in [0.5, 0.6) is 0 Å². The van der Waals surface area contributed by atoms with E-state index < -0.39 is 0 Å². The van der Waals surface area contributed by atoms with Crippen molar-refractivity contribution in [2.75, 3.05) is 25.2 Å². The lowest BCUT2D eigenvalue weighted by molar-refractivity contribution is 0.187. The Hall–Kier alpha value is -0.510. The van der Waals surface area contributed by atoms with Crippen molar-refractivity contribution in [3.63, 3.8) is 0 Å². The Morgan fingerprint density at radius 3 is 2.50 bits per heavy atom. The fourth-order valence-electron chi connectivity index (χ4n) is 1.83. The van der Waals surface area contributed by atoms with E-state index in [-0.39, 0.29) is 12.1 Å². The van der Waals surface area contributed by atoms with E-state index in [0.717, 1.165) is 23.0 Å². The van der Waals surface area contributed by atoms with Gasteiger partial charge in [-0.3, -0.25) is 0 Å². The Kier molecular flexibility index (Phi) is 6.76. The van der Waals surface area contributed by atoms with Crippen molar-refractivity contribution in [3.05, 3.63) is 35.9 Å². The molecule has 0 radical (unpaired) electrons. The lowest BCUT2D eigenvalue weighted by atomic mass is 9.93. The summed E-state index contributed by atoms with van der Waals surface area (Å²) in [6.07, 6.45) is 1.21. The summed E-state index contributed by atoms with van der Waals surface area (Å²) in [6.45, 7) is 4.62. The first-order chi connectivity index (χ1) is 8.68. The number of aliphatic hydroxyl groups excluding tert-OH is 1. The number of rotatable bonds is 8. The van der Waals surface area contributed by atoms with Gasteiger partial charge in [0.05, 0.1) is 12.1 Å². The number of nitrogens with one attached hydrogen (secondary N) is 1. The number of thioether (sulfide) groups is 1. The molecule has 102 valence electrons. The summed E-state index contributed by atoms with van der Waals surface area (Å²) < 4.78 is 0. The van der Waals surface area contributed by atoms with Crippen LogP contribution in [0.15, 0.2) is 30.3 Å². The van der Waals surface area contributed by atoms with Gasteiger partial charge in [-0.1, -0.05) is 50.6 Å². The summed E-state index contributed by atoms with van der Waals surface area (Å²) in [5.41, 5.74) is 0.839. The van der Waals surface area contributed by atoms with Gasteiger partial charge in [-0.05, 0) is 24.3 Å². The van der Waals surface area contributed by atoms with Crippen molar-refractivity contribution in [2.45, 2.75) is 25.8 Å². The minimum atomic E-state index is -0.320. The number of hydrogen-bond acceptors (Lipinski definition) is 3. The highest BCUT2D eigenvalue weighted by Crippen LogP contribution is 2.26. The molecule has 0 aliphatic heterocycles. The lowest BCUT2D eigenvalue weighted by Crippen LogP contribution is -2.46. The molecule has 2 nitrogen and oxygen atoms in total. The molecule has 0 aliphatic rings. The maximum atomic E-state index is 9.78. The van der Waals surface area contributed by atoms with Crippen LogP contribution in [0, 0.1) is 5.92 Å². The molecule has 0 saturated heterocycles. The third kappa shape index (κ3) is 4.01. The van der Waals surface area contributed by atoms with Gasteiger partial charge in [-0.2, -0.15) is 11.8 Å². The van der Waals surface area contributed by atoms with Gasteiger partial charge in [-0.25, -0.2) is 0 Å². The summed E-state index contributed by atoms with van der Waals surface area (Å²) in [6, 6.07) is 10.2. The van der Waals surface area contributed by atoms with Crippen molar-refractivity contribution in [3.8, 4) is 0 Å². The van der Waals surface area contributed by atoms with Crippen molar-refractivity contribution in [1.29, 1.82) is 0 Å². The number of aliphatic hydroxyl groups is 1. The molecule has 1 rings (SSSR count). The van der Waals surface area contributed by atoms with Crippen LogP contribution in [0.3, 0.4) is 0 Å². The molecule has 0 spiro atoms. The lowest BCUT2D eigenvalue weighted by Gasteiger charge is -2.32. The summed E-state index contributed by atoms with van der Waals surface area (Å²) in [7, 11) is 1.92. The molecular weight excluding hydrogens is 242 g/mol. The van der Waals surface area contributed by atoms with Crippen molar-refractivity contribution < 1.29 is 5.11 Å². The van der Waals surface area contributed by atoms with Crippen LogP contribution >= 0.6 is 11.8 Å². The average Bonchev–Trinajstić information content (AvgIpc) is 2.44. The minimum absolute atomic E-state index is 0.126. The van der Waals surface area contributed by atoms with Gasteiger partial charge in [-0.15, -0.1) is 0 Å². The monoisotopic (exact) mass is 267 g/mol. The number of benzene rings is 1. The molecule has 0 bridgehead atoms. The van der Waals surface area contributed by atoms with E-state index in [9.17, 15) is 5.11 Å². The molecule has 3 heteroatoms. The quantitative estimate of drug-likeness (QED) is 0.759. The van der Waals surface area contributed by atoms with Crippen LogP contribution in [0.1, 0.15) is 25.8 Å². The molecule has 2 N–H and O–H groups in total. The highest BCUT2D eigenvalue weighted by molar-refractivity contribution is 7.99. The first kappa shape index (κ1) is 15.5. The van der Waals surface area contributed by atoms with E-state index in [1.807, 2.05) is 37.0 Å².